The zero-order chi connectivity index (χ0) is 14.9. The molecule has 0 aliphatic heterocycles. The molecular weight excluding hydrogens is 244 g/mol. The quantitative estimate of drug-likeness (QED) is 0.689. The van der Waals surface area contributed by atoms with Gasteiger partial charge in [-0.05, 0) is 19.3 Å². The molecule has 0 heterocycles. The molecule has 0 saturated carbocycles. The summed E-state index contributed by atoms with van der Waals surface area (Å²) < 4.78 is 0. The topological polar surface area (TPSA) is 17.1 Å². The van der Waals surface area contributed by atoms with E-state index in [0.29, 0.717) is 12.3 Å². The van der Waals surface area contributed by atoms with Crippen LogP contribution in [0.5, 0.6) is 0 Å². The van der Waals surface area contributed by atoms with Crippen molar-refractivity contribution in [1.29, 1.82) is 0 Å². The van der Waals surface area contributed by atoms with E-state index in [1.54, 1.807) is 0 Å². The van der Waals surface area contributed by atoms with Gasteiger partial charge in [0.1, 0.15) is 0 Å². The highest BCUT2D eigenvalue weighted by atomic mass is 16.1. The van der Waals surface area contributed by atoms with Crippen LogP contribution in [0.4, 0.5) is 0 Å². The zero-order valence-electron chi connectivity index (χ0n) is 13.2. The Morgan fingerprint density at radius 1 is 1.10 bits per heavy atom. The first kappa shape index (κ1) is 14.8. The Kier molecular flexibility index (Phi) is 3.99. The molecule has 0 aromatic heterocycles. The van der Waals surface area contributed by atoms with Crippen LogP contribution < -0.4 is 0 Å². The number of carbonyl (C=O) groups is 1. The maximum absolute atomic E-state index is 12.5. The number of Topliss-reactive ketones (excluding diaryl/α,β-unsaturated/α-hetero) is 1. The number of hydrogen-bond donors (Lipinski definition) is 0. The van der Waals surface area contributed by atoms with Crippen LogP contribution in [0, 0.1) is 11.3 Å². The Hall–Kier alpha value is -1.63. The Morgan fingerprint density at radius 3 is 2.25 bits per heavy atom. The van der Waals surface area contributed by atoms with Gasteiger partial charge < -0.3 is 0 Å². The number of carbonyl (C=O) groups excluding carboxylic acids is 1. The number of ketones is 1. The largest absolute Gasteiger partial charge is 0.294 e. The van der Waals surface area contributed by atoms with E-state index in [2.05, 4.69) is 40.7 Å². The third-order valence-electron chi connectivity index (χ3n) is 4.07. The fourth-order valence-electron chi connectivity index (χ4n) is 3.37. The molecule has 1 aliphatic rings. The first-order valence-electron chi connectivity index (χ1n) is 7.27. The normalized spacial score (nSPS) is 19.2. The molecule has 0 fully saturated rings. The van der Waals surface area contributed by atoms with Crippen LogP contribution in [0.25, 0.3) is 0 Å². The van der Waals surface area contributed by atoms with Gasteiger partial charge in [0.05, 0.1) is 0 Å². The van der Waals surface area contributed by atoms with Crippen LogP contribution in [-0.4, -0.2) is 5.78 Å². The molecule has 0 bridgehead atoms. The molecule has 1 heteroatoms. The Balaban J connectivity index is 2.25. The summed E-state index contributed by atoms with van der Waals surface area (Å²) in [6.07, 6.45) is 2.77. The molecule has 1 unspecified atom stereocenters. The van der Waals surface area contributed by atoms with Crippen LogP contribution in [0.15, 0.2) is 53.1 Å². The van der Waals surface area contributed by atoms with Gasteiger partial charge in [-0.1, -0.05) is 73.9 Å². The van der Waals surface area contributed by atoms with Gasteiger partial charge in [-0.3, -0.25) is 4.79 Å². The second kappa shape index (κ2) is 5.40. The predicted octanol–water partition coefficient (Wildman–Crippen LogP) is 5.20. The first-order chi connectivity index (χ1) is 9.30. The number of benzene rings is 1. The Bertz CT molecular complexity index is 568. The van der Waals surface area contributed by atoms with Crippen molar-refractivity contribution >= 4 is 5.78 Å². The lowest BCUT2D eigenvalue weighted by molar-refractivity contribution is 0.0988. The van der Waals surface area contributed by atoms with E-state index in [9.17, 15) is 4.79 Å². The van der Waals surface area contributed by atoms with Crippen molar-refractivity contribution in [2.45, 2.75) is 41.0 Å². The van der Waals surface area contributed by atoms with Gasteiger partial charge in [0.2, 0.25) is 0 Å². The summed E-state index contributed by atoms with van der Waals surface area (Å²) in [5.74, 6) is 0.604. The molecule has 0 spiro atoms. The third kappa shape index (κ3) is 2.92. The van der Waals surface area contributed by atoms with Gasteiger partial charge in [-0.25, -0.2) is 0 Å². The highest BCUT2D eigenvalue weighted by Crippen LogP contribution is 2.44. The second-order valence-corrected chi connectivity index (χ2v) is 6.86. The van der Waals surface area contributed by atoms with E-state index in [0.717, 1.165) is 5.56 Å². The van der Waals surface area contributed by atoms with E-state index < -0.39 is 0 Å². The molecule has 1 aromatic carbocycles. The van der Waals surface area contributed by atoms with Crippen LogP contribution in [-0.2, 0) is 0 Å². The van der Waals surface area contributed by atoms with E-state index >= 15 is 0 Å². The SMILES string of the molecule is CC1=CC(C)=C(CC(=O)c2ccccc2)C1C(C)(C)C. The van der Waals surface area contributed by atoms with Crippen molar-refractivity contribution < 1.29 is 4.79 Å². The van der Waals surface area contributed by atoms with E-state index in [4.69, 9.17) is 0 Å². The molecular formula is C19H24O. The number of rotatable bonds is 3. The maximum Gasteiger partial charge on any atom is 0.166 e. The number of hydrogen-bond acceptors (Lipinski definition) is 1. The van der Waals surface area contributed by atoms with Gasteiger partial charge in [-0.2, -0.15) is 0 Å². The molecule has 1 atom stereocenters. The molecule has 0 amide bonds. The van der Waals surface area contributed by atoms with Crippen LogP contribution in [0.1, 0.15) is 51.4 Å². The van der Waals surface area contributed by atoms with Gasteiger partial charge in [0.15, 0.2) is 5.78 Å². The van der Waals surface area contributed by atoms with Crippen LogP contribution >= 0.6 is 0 Å². The van der Waals surface area contributed by atoms with Crippen LogP contribution in [0.2, 0.25) is 0 Å². The smallest absolute Gasteiger partial charge is 0.166 e. The molecule has 20 heavy (non-hydrogen) atoms. The lowest BCUT2D eigenvalue weighted by Crippen LogP contribution is -2.23. The number of allylic oxidation sites excluding steroid dienone is 4. The summed E-state index contributed by atoms with van der Waals surface area (Å²) in [7, 11) is 0. The van der Waals surface area contributed by atoms with Gasteiger partial charge in [-0.15, -0.1) is 0 Å². The zero-order valence-corrected chi connectivity index (χ0v) is 13.2. The monoisotopic (exact) mass is 268 g/mol. The Morgan fingerprint density at radius 2 is 1.70 bits per heavy atom. The lowest BCUT2D eigenvalue weighted by Gasteiger charge is -2.31. The van der Waals surface area contributed by atoms with Crippen molar-refractivity contribution in [1.82, 2.24) is 0 Å². The van der Waals surface area contributed by atoms with Crippen molar-refractivity contribution in [3.8, 4) is 0 Å². The van der Waals surface area contributed by atoms with Crippen LogP contribution in [0.3, 0.4) is 0 Å². The fourth-order valence-corrected chi connectivity index (χ4v) is 3.37. The van der Waals surface area contributed by atoms with E-state index in [1.165, 1.54) is 16.7 Å². The molecule has 0 N–H and O–H groups in total. The summed E-state index contributed by atoms with van der Waals surface area (Å²) in [6.45, 7) is 11.1. The van der Waals surface area contributed by atoms with E-state index in [-0.39, 0.29) is 11.2 Å². The van der Waals surface area contributed by atoms with Gasteiger partial charge in [0, 0.05) is 17.9 Å². The van der Waals surface area contributed by atoms with Crippen molar-refractivity contribution in [2.24, 2.45) is 11.3 Å². The van der Waals surface area contributed by atoms with Gasteiger partial charge >= 0.3 is 0 Å². The molecule has 0 radical (unpaired) electrons. The maximum atomic E-state index is 12.5. The molecule has 1 aromatic rings. The average molecular weight is 268 g/mol. The summed E-state index contributed by atoms with van der Waals surface area (Å²) >= 11 is 0. The van der Waals surface area contributed by atoms with Gasteiger partial charge in [0.25, 0.3) is 0 Å². The van der Waals surface area contributed by atoms with Crippen molar-refractivity contribution in [3.63, 3.8) is 0 Å². The van der Waals surface area contributed by atoms with Crippen molar-refractivity contribution in [2.75, 3.05) is 0 Å². The molecule has 0 saturated heterocycles. The predicted molar refractivity (Wildman–Crippen MR) is 84.8 cm³/mol. The lowest BCUT2D eigenvalue weighted by atomic mass is 9.73. The standard InChI is InChI=1S/C19H24O/c1-13-11-14(2)18(19(3,4)5)16(13)12-17(20)15-9-7-6-8-10-15/h6-11,18H,12H2,1-5H3. The summed E-state index contributed by atoms with van der Waals surface area (Å²) in [4.78, 5) is 12.5. The fraction of sp³-hybridized carbons (Fsp3) is 0.421. The summed E-state index contributed by atoms with van der Waals surface area (Å²) in [5, 5.41) is 0. The highest BCUT2D eigenvalue weighted by Gasteiger charge is 2.34. The minimum atomic E-state index is 0.157. The molecule has 2 rings (SSSR count). The average Bonchev–Trinajstić information content (AvgIpc) is 2.64. The Labute approximate surface area is 122 Å². The summed E-state index contributed by atoms with van der Waals surface area (Å²) in [5.41, 5.74) is 4.91. The third-order valence-corrected chi connectivity index (χ3v) is 4.07. The first-order valence-corrected chi connectivity index (χ1v) is 7.27. The minimum absolute atomic E-state index is 0.157. The minimum Gasteiger partial charge on any atom is -0.294 e. The second-order valence-electron chi connectivity index (χ2n) is 6.86. The molecule has 1 aliphatic carbocycles. The molecule has 1 nitrogen and oxygen atoms in total. The highest BCUT2D eigenvalue weighted by molar-refractivity contribution is 5.97. The summed E-state index contributed by atoms with van der Waals surface area (Å²) in [6, 6.07) is 9.60. The molecule has 106 valence electrons. The van der Waals surface area contributed by atoms with E-state index in [1.807, 2.05) is 30.3 Å². The van der Waals surface area contributed by atoms with Crippen molar-refractivity contribution in [3.05, 3.63) is 58.7 Å².